The molecule has 12 heteroatoms. The third-order valence-electron chi connectivity index (χ3n) is 9.94. The highest BCUT2D eigenvalue weighted by atomic mass is 35.5. The molecular weight excluding hydrogens is 649 g/mol. The number of amides is 3. The number of fused-ring (bicyclic) bond motifs is 9. The number of hydrogen-bond acceptors (Lipinski definition) is 7. The fourth-order valence-electron chi connectivity index (χ4n) is 8.16. The third-order valence-corrected chi connectivity index (χ3v) is 13.0. The van der Waals surface area contributed by atoms with Crippen molar-refractivity contribution in [3.05, 3.63) is 104 Å². The number of nitrogens with one attached hydrogen (secondary N) is 1. The highest BCUT2D eigenvalue weighted by molar-refractivity contribution is 8.00. The number of carbonyl (C=O) groups is 3. The Hall–Kier alpha value is -3.93. The molecule has 2 aliphatic carbocycles. The van der Waals surface area contributed by atoms with Crippen molar-refractivity contribution in [1.29, 1.82) is 0 Å². The SMILES string of the molecule is COc1ccc(C2c3sc(=O)n(CC(=O)Nc4ccc(Cl)cc4)c3SC3C4CC(C5C(=O)N(c6ccc(F)cc6)C(=O)C45)C23)cc1. The normalized spacial score (nSPS) is 27.4. The lowest BCUT2D eigenvalue weighted by Gasteiger charge is -2.43. The Morgan fingerprint density at radius 2 is 1.63 bits per heavy atom. The summed E-state index contributed by atoms with van der Waals surface area (Å²) >= 11 is 8.70. The van der Waals surface area contributed by atoms with Crippen molar-refractivity contribution in [1.82, 2.24) is 4.57 Å². The molecule has 4 aromatic rings. The number of thiazole rings is 1. The molecule has 8 rings (SSSR count). The van der Waals surface area contributed by atoms with E-state index in [-0.39, 0.29) is 58.1 Å². The van der Waals surface area contributed by atoms with E-state index in [9.17, 15) is 23.6 Å². The lowest BCUT2D eigenvalue weighted by Crippen LogP contribution is -2.43. The van der Waals surface area contributed by atoms with Gasteiger partial charge in [0.1, 0.15) is 18.1 Å². The molecule has 46 heavy (non-hydrogen) atoms. The fourth-order valence-corrected chi connectivity index (χ4v) is 11.4. The van der Waals surface area contributed by atoms with Gasteiger partial charge in [-0.3, -0.25) is 28.6 Å². The van der Waals surface area contributed by atoms with Gasteiger partial charge in [0, 0.05) is 26.8 Å². The van der Waals surface area contributed by atoms with E-state index in [0.717, 1.165) is 33.2 Å². The maximum atomic E-state index is 14.0. The van der Waals surface area contributed by atoms with Crippen LogP contribution < -0.4 is 19.8 Å². The minimum atomic E-state index is -0.485. The Morgan fingerprint density at radius 1 is 0.957 bits per heavy atom. The topological polar surface area (TPSA) is 97.7 Å². The first-order chi connectivity index (χ1) is 22.2. The fraction of sp³-hybridized carbons (Fsp3) is 0.294. The van der Waals surface area contributed by atoms with Crippen LogP contribution in [0.25, 0.3) is 0 Å². The molecule has 2 aliphatic heterocycles. The van der Waals surface area contributed by atoms with Crippen LogP contribution in [0.5, 0.6) is 5.75 Å². The molecule has 2 bridgehead atoms. The van der Waals surface area contributed by atoms with E-state index in [1.807, 2.05) is 24.3 Å². The summed E-state index contributed by atoms with van der Waals surface area (Å²) in [5.74, 6) is -1.89. The Bertz CT molecular complexity index is 1950. The van der Waals surface area contributed by atoms with Gasteiger partial charge >= 0.3 is 4.87 Å². The molecule has 8 nitrogen and oxygen atoms in total. The lowest BCUT2D eigenvalue weighted by atomic mass is 9.68. The van der Waals surface area contributed by atoms with Crippen LogP contribution in [-0.2, 0) is 20.9 Å². The van der Waals surface area contributed by atoms with Crippen LogP contribution in [0.15, 0.2) is 82.6 Å². The third kappa shape index (κ3) is 4.54. The average Bonchev–Trinajstić information content (AvgIpc) is 3.77. The van der Waals surface area contributed by atoms with Crippen molar-refractivity contribution in [3.8, 4) is 5.75 Å². The predicted molar refractivity (Wildman–Crippen MR) is 174 cm³/mol. The summed E-state index contributed by atoms with van der Waals surface area (Å²) in [5.41, 5.74) is 1.95. The zero-order chi connectivity index (χ0) is 31.9. The number of rotatable bonds is 6. The van der Waals surface area contributed by atoms with Crippen molar-refractivity contribution in [2.75, 3.05) is 17.3 Å². The number of anilines is 2. The van der Waals surface area contributed by atoms with Crippen molar-refractivity contribution < 1.29 is 23.5 Å². The maximum absolute atomic E-state index is 14.0. The summed E-state index contributed by atoms with van der Waals surface area (Å²) in [6.45, 7) is -0.164. The van der Waals surface area contributed by atoms with E-state index in [2.05, 4.69) is 5.32 Å². The Labute approximate surface area is 276 Å². The number of benzene rings is 3. The number of nitrogens with zero attached hydrogens (tertiary/aromatic N) is 2. The second-order valence-electron chi connectivity index (χ2n) is 12.2. The zero-order valence-corrected chi connectivity index (χ0v) is 26.8. The van der Waals surface area contributed by atoms with Gasteiger partial charge in [-0.15, -0.1) is 11.8 Å². The average molecular weight is 676 g/mol. The number of carbonyl (C=O) groups excluding carboxylic acids is 3. The first-order valence-electron chi connectivity index (χ1n) is 15.0. The molecule has 3 amide bonds. The minimum Gasteiger partial charge on any atom is -0.497 e. The summed E-state index contributed by atoms with van der Waals surface area (Å²) in [7, 11) is 1.60. The smallest absolute Gasteiger partial charge is 0.308 e. The molecule has 7 unspecified atom stereocenters. The first kappa shape index (κ1) is 29.5. The van der Waals surface area contributed by atoms with Crippen LogP contribution in [0.3, 0.4) is 0 Å². The van der Waals surface area contributed by atoms with Gasteiger partial charge in [-0.2, -0.15) is 0 Å². The molecule has 1 aromatic heterocycles. The van der Waals surface area contributed by atoms with Gasteiger partial charge in [0.25, 0.3) is 0 Å². The van der Waals surface area contributed by atoms with E-state index >= 15 is 0 Å². The summed E-state index contributed by atoms with van der Waals surface area (Å²) in [6.07, 6.45) is 0.731. The van der Waals surface area contributed by atoms with E-state index < -0.39 is 17.7 Å². The van der Waals surface area contributed by atoms with Crippen molar-refractivity contribution >= 4 is 63.8 Å². The standard InChI is InChI=1S/C34H27ClFN3O5S2/c1-44-21-12-2-16(3-13-21)25-26-22-14-23(28-27(22)31(41)39(32(28)42)20-10-6-18(36)7-11-20)29(26)45-33-30(25)46-34(43)38(33)15-24(40)37-19-8-4-17(35)5-9-19/h2-13,22-23,25-29H,14-15H2,1H3,(H,37,40). The van der Waals surface area contributed by atoms with Gasteiger partial charge in [-0.05, 0) is 90.4 Å². The number of hydrogen-bond donors (Lipinski definition) is 1. The van der Waals surface area contributed by atoms with E-state index in [4.69, 9.17) is 16.3 Å². The largest absolute Gasteiger partial charge is 0.497 e. The van der Waals surface area contributed by atoms with Crippen LogP contribution >= 0.6 is 34.7 Å². The summed E-state index contributed by atoms with van der Waals surface area (Å²) in [5, 5.41) is 4.09. The number of aromatic nitrogens is 1. The van der Waals surface area contributed by atoms with Gasteiger partial charge in [0.05, 0.1) is 29.7 Å². The first-order valence-corrected chi connectivity index (χ1v) is 17.0. The van der Waals surface area contributed by atoms with Gasteiger partial charge in [0.2, 0.25) is 17.7 Å². The molecule has 4 aliphatic rings. The van der Waals surface area contributed by atoms with E-state index in [1.165, 1.54) is 29.2 Å². The molecule has 1 saturated heterocycles. The Balaban J connectivity index is 1.17. The minimum absolute atomic E-state index is 0.00328. The number of halogens is 2. The second-order valence-corrected chi connectivity index (χ2v) is 14.8. The van der Waals surface area contributed by atoms with Crippen LogP contribution in [0, 0.1) is 35.4 Å². The van der Waals surface area contributed by atoms with Gasteiger partial charge < -0.3 is 10.1 Å². The number of thioether (sulfide) groups is 1. The molecule has 1 N–H and O–H groups in total. The number of methoxy groups -OCH3 is 1. The van der Waals surface area contributed by atoms with Gasteiger partial charge in [-0.1, -0.05) is 35.1 Å². The highest BCUT2D eigenvalue weighted by Crippen LogP contribution is 2.69. The molecule has 3 fully saturated rings. The molecular formula is C34H27ClFN3O5S2. The quantitative estimate of drug-likeness (QED) is 0.251. The van der Waals surface area contributed by atoms with E-state index in [1.54, 1.807) is 47.7 Å². The van der Waals surface area contributed by atoms with Crippen molar-refractivity contribution in [2.45, 2.75) is 29.2 Å². The summed E-state index contributed by atoms with van der Waals surface area (Å²) in [4.78, 5) is 56.4. The van der Waals surface area contributed by atoms with Crippen molar-refractivity contribution in [3.63, 3.8) is 0 Å². The van der Waals surface area contributed by atoms with Crippen LogP contribution in [0.2, 0.25) is 5.02 Å². The number of ether oxygens (including phenoxy) is 1. The maximum Gasteiger partial charge on any atom is 0.308 e. The second kappa shape index (κ2) is 11.1. The zero-order valence-electron chi connectivity index (χ0n) is 24.4. The molecule has 0 spiro atoms. The van der Waals surface area contributed by atoms with Crippen molar-refractivity contribution in [2.24, 2.45) is 29.6 Å². The highest BCUT2D eigenvalue weighted by Gasteiger charge is 2.69. The summed E-state index contributed by atoms with van der Waals surface area (Å²) < 4.78 is 20.6. The monoisotopic (exact) mass is 675 g/mol. The van der Waals surface area contributed by atoms with Crippen LogP contribution in [0.4, 0.5) is 15.8 Å². The molecule has 3 heterocycles. The summed E-state index contributed by atoms with van der Waals surface area (Å²) in [6, 6.07) is 20.0. The molecule has 7 atom stereocenters. The molecule has 234 valence electrons. The van der Waals surface area contributed by atoms with Crippen LogP contribution in [0.1, 0.15) is 22.8 Å². The molecule has 3 aromatic carbocycles. The molecule has 2 saturated carbocycles. The Morgan fingerprint density at radius 3 is 2.30 bits per heavy atom. The lowest BCUT2D eigenvalue weighted by molar-refractivity contribution is -0.123. The Kier molecular flexibility index (Phi) is 7.11. The van der Waals surface area contributed by atoms with Crippen LogP contribution in [-0.4, -0.2) is 34.6 Å². The van der Waals surface area contributed by atoms with Gasteiger partial charge in [0.15, 0.2) is 0 Å². The van der Waals surface area contributed by atoms with E-state index in [0.29, 0.717) is 22.1 Å². The molecule has 0 radical (unpaired) electrons. The number of imide groups is 1. The predicted octanol–water partition coefficient (Wildman–Crippen LogP) is 6.03. The van der Waals surface area contributed by atoms with Gasteiger partial charge in [-0.25, -0.2) is 4.39 Å².